The minimum atomic E-state index is -0.126. The molecule has 1 N–H and O–H groups in total. The molecule has 1 saturated heterocycles. The number of nitrogens with one attached hydrogen (secondary N) is 1. The summed E-state index contributed by atoms with van der Waals surface area (Å²) >= 11 is 0. The van der Waals surface area contributed by atoms with Gasteiger partial charge in [-0.3, -0.25) is 4.79 Å². The summed E-state index contributed by atoms with van der Waals surface area (Å²) in [7, 11) is 1.88. The third kappa shape index (κ3) is 2.55. The van der Waals surface area contributed by atoms with Crippen molar-refractivity contribution in [3.05, 3.63) is 0 Å². The second-order valence-corrected chi connectivity index (χ2v) is 5.42. The highest BCUT2D eigenvalue weighted by Crippen LogP contribution is 2.34. The van der Waals surface area contributed by atoms with Crippen molar-refractivity contribution in [3.63, 3.8) is 0 Å². The van der Waals surface area contributed by atoms with Gasteiger partial charge in [-0.15, -0.1) is 0 Å². The molecule has 4 heteroatoms. The van der Waals surface area contributed by atoms with Gasteiger partial charge in [0.15, 0.2) is 0 Å². The van der Waals surface area contributed by atoms with Crippen molar-refractivity contribution in [2.24, 2.45) is 5.92 Å². The lowest BCUT2D eigenvalue weighted by atomic mass is 10.0. The van der Waals surface area contributed by atoms with Gasteiger partial charge in [0.05, 0.1) is 5.60 Å². The van der Waals surface area contributed by atoms with E-state index in [4.69, 9.17) is 4.74 Å². The first-order valence-corrected chi connectivity index (χ1v) is 6.12. The van der Waals surface area contributed by atoms with Crippen LogP contribution in [0, 0.1) is 5.92 Å². The molecule has 2 aliphatic rings. The number of amides is 1. The Morgan fingerprint density at radius 2 is 2.19 bits per heavy atom. The van der Waals surface area contributed by atoms with Crippen LogP contribution in [-0.4, -0.2) is 49.2 Å². The summed E-state index contributed by atoms with van der Waals surface area (Å²) in [5.41, 5.74) is -0.126. The molecule has 92 valence electrons. The standard InChI is InChI=1S/C12H22N2O2/c1-9(10-4-5-10)14(3)11(15)6-16-12(2)7-13-8-12/h9-10,13H,4-8H2,1-3H3. The maximum atomic E-state index is 11.9. The van der Waals surface area contributed by atoms with Crippen LogP contribution in [0.5, 0.6) is 0 Å². The molecule has 0 spiro atoms. The number of nitrogens with zero attached hydrogens (tertiary/aromatic N) is 1. The van der Waals surface area contributed by atoms with E-state index in [1.54, 1.807) is 0 Å². The molecule has 1 amide bonds. The van der Waals surface area contributed by atoms with Crippen LogP contribution in [0.2, 0.25) is 0 Å². The number of carbonyl (C=O) groups is 1. The summed E-state index contributed by atoms with van der Waals surface area (Å²) in [6, 6.07) is 0.364. The van der Waals surface area contributed by atoms with Crippen LogP contribution in [0.15, 0.2) is 0 Å². The van der Waals surface area contributed by atoms with Crippen molar-refractivity contribution in [1.82, 2.24) is 10.2 Å². The Morgan fingerprint density at radius 1 is 1.56 bits per heavy atom. The van der Waals surface area contributed by atoms with Gasteiger partial charge in [0, 0.05) is 26.2 Å². The van der Waals surface area contributed by atoms with Crippen LogP contribution in [0.1, 0.15) is 26.7 Å². The molecular weight excluding hydrogens is 204 g/mol. The molecule has 1 aliphatic carbocycles. The normalized spacial score (nSPS) is 24.7. The molecule has 0 bridgehead atoms. The number of ether oxygens (including phenoxy) is 1. The van der Waals surface area contributed by atoms with Crippen molar-refractivity contribution in [3.8, 4) is 0 Å². The van der Waals surface area contributed by atoms with Gasteiger partial charge in [-0.05, 0) is 32.6 Å². The second kappa shape index (κ2) is 4.34. The fraction of sp³-hybridized carbons (Fsp3) is 0.917. The lowest BCUT2D eigenvalue weighted by molar-refractivity contribution is -0.146. The smallest absolute Gasteiger partial charge is 0.248 e. The van der Waals surface area contributed by atoms with Gasteiger partial charge in [-0.2, -0.15) is 0 Å². The molecule has 0 aromatic rings. The molecule has 1 heterocycles. The van der Waals surface area contributed by atoms with Crippen LogP contribution in [0.4, 0.5) is 0 Å². The predicted molar refractivity (Wildman–Crippen MR) is 62.2 cm³/mol. The average Bonchev–Trinajstić information content (AvgIpc) is 3.04. The fourth-order valence-corrected chi connectivity index (χ4v) is 2.04. The summed E-state index contributed by atoms with van der Waals surface area (Å²) in [5, 5.41) is 3.16. The molecule has 4 nitrogen and oxygen atoms in total. The molecule has 1 saturated carbocycles. The predicted octanol–water partition coefficient (Wildman–Crippen LogP) is 0.622. The number of rotatable bonds is 5. The summed E-state index contributed by atoms with van der Waals surface area (Å²) in [4.78, 5) is 13.7. The third-order valence-electron chi connectivity index (χ3n) is 3.85. The summed E-state index contributed by atoms with van der Waals surface area (Å²) < 4.78 is 5.64. The van der Waals surface area contributed by atoms with E-state index in [-0.39, 0.29) is 18.1 Å². The van der Waals surface area contributed by atoms with Crippen LogP contribution >= 0.6 is 0 Å². The summed E-state index contributed by atoms with van der Waals surface area (Å²) in [6.45, 7) is 6.08. The van der Waals surface area contributed by atoms with Gasteiger partial charge in [0.2, 0.25) is 5.91 Å². The minimum absolute atomic E-state index is 0.104. The molecule has 1 unspecified atom stereocenters. The molecule has 2 rings (SSSR count). The van der Waals surface area contributed by atoms with Crippen LogP contribution < -0.4 is 5.32 Å². The number of likely N-dealkylation sites (N-methyl/N-ethyl adjacent to an activating group) is 1. The quantitative estimate of drug-likeness (QED) is 0.747. The van der Waals surface area contributed by atoms with E-state index >= 15 is 0 Å². The number of carbonyl (C=O) groups excluding carboxylic acids is 1. The Bertz CT molecular complexity index is 272. The van der Waals surface area contributed by atoms with Crippen molar-refractivity contribution in [2.75, 3.05) is 26.7 Å². The first-order chi connectivity index (χ1) is 7.52. The second-order valence-electron chi connectivity index (χ2n) is 5.42. The minimum Gasteiger partial charge on any atom is -0.363 e. The van der Waals surface area contributed by atoms with E-state index in [0.29, 0.717) is 6.04 Å². The molecule has 1 aliphatic heterocycles. The van der Waals surface area contributed by atoms with Crippen LogP contribution in [0.3, 0.4) is 0 Å². The van der Waals surface area contributed by atoms with E-state index in [0.717, 1.165) is 19.0 Å². The lowest BCUT2D eigenvalue weighted by Gasteiger charge is -2.39. The van der Waals surface area contributed by atoms with Gasteiger partial charge in [0.25, 0.3) is 0 Å². The van der Waals surface area contributed by atoms with Gasteiger partial charge in [-0.25, -0.2) is 0 Å². The number of hydrogen-bond donors (Lipinski definition) is 1. The van der Waals surface area contributed by atoms with Gasteiger partial charge < -0.3 is 15.0 Å². The highest BCUT2D eigenvalue weighted by molar-refractivity contribution is 5.77. The highest BCUT2D eigenvalue weighted by atomic mass is 16.5. The molecule has 0 aromatic carbocycles. The Hall–Kier alpha value is -0.610. The van der Waals surface area contributed by atoms with Gasteiger partial charge >= 0.3 is 0 Å². The lowest BCUT2D eigenvalue weighted by Crippen LogP contribution is -2.59. The Morgan fingerprint density at radius 3 is 2.62 bits per heavy atom. The first kappa shape index (κ1) is 11.9. The van der Waals surface area contributed by atoms with Crippen molar-refractivity contribution >= 4 is 5.91 Å². The van der Waals surface area contributed by atoms with E-state index in [2.05, 4.69) is 12.2 Å². The molecule has 0 radical (unpaired) electrons. The highest BCUT2D eigenvalue weighted by Gasteiger charge is 2.35. The largest absolute Gasteiger partial charge is 0.363 e. The van der Waals surface area contributed by atoms with Gasteiger partial charge in [-0.1, -0.05) is 0 Å². The maximum Gasteiger partial charge on any atom is 0.248 e. The fourth-order valence-electron chi connectivity index (χ4n) is 2.04. The maximum absolute atomic E-state index is 11.9. The average molecular weight is 226 g/mol. The molecular formula is C12H22N2O2. The van der Waals surface area contributed by atoms with Crippen molar-refractivity contribution in [2.45, 2.75) is 38.3 Å². The van der Waals surface area contributed by atoms with E-state index in [9.17, 15) is 4.79 Å². The Balaban J connectivity index is 1.73. The molecule has 1 atom stereocenters. The summed E-state index contributed by atoms with van der Waals surface area (Å²) in [5.74, 6) is 0.822. The van der Waals surface area contributed by atoms with Crippen molar-refractivity contribution < 1.29 is 9.53 Å². The Labute approximate surface area is 97.3 Å². The third-order valence-corrected chi connectivity index (χ3v) is 3.85. The van der Waals surface area contributed by atoms with E-state index in [1.165, 1.54) is 12.8 Å². The van der Waals surface area contributed by atoms with Crippen LogP contribution in [-0.2, 0) is 9.53 Å². The molecule has 16 heavy (non-hydrogen) atoms. The molecule has 2 fully saturated rings. The monoisotopic (exact) mass is 226 g/mol. The Kier molecular flexibility index (Phi) is 3.22. The zero-order valence-corrected chi connectivity index (χ0v) is 10.5. The van der Waals surface area contributed by atoms with Gasteiger partial charge in [0.1, 0.15) is 6.61 Å². The van der Waals surface area contributed by atoms with E-state index < -0.39 is 0 Å². The van der Waals surface area contributed by atoms with E-state index in [1.807, 2.05) is 18.9 Å². The first-order valence-electron chi connectivity index (χ1n) is 6.12. The van der Waals surface area contributed by atoms with Crippen LogP contribution in [0.25, 0.3) is 0 Å². The number of hydrogen-bond acceptors (Lipinski definition) is 3. The van der Waals surface area contributed by atoms with Crippen molar-refractivity contribution in [1.29, 1.82) is 0 Å². The zero-order chi connectivity index (χ0) is 11.8. The molecule has 0 aromatic heterocycles. The topological polar surface area (TPSA) is 41.6 Å². The zero-order valence-electron chi connectivity index (χ0n) is 10.5. The summed E-state index contributed by atoms with van der Waals surface area (Å²) in [6.07, 6.45) is 2.53. The SMILES string of the molecule is CC(C1CC1)N(C)C(=O)COC1(C)CNC1.